The first kappa shape index (κ1) is 16.5. The first-order valence-electron chi connectivity index (χ1n) is 8.75. The summed E-state index contributed by atoms with van der Waals surface area (Å²) in [6, 6.07) is 13.3. The molecule has 7 heteroatoms. The number of piperazine rings is 1. The van der Waals surface area contributed by atoms with E-state index in [0.717, 1.165) is 49.6 Å². The predicted molar refractivity (Wildman–Crippen MR) is 97.9 cm³/mol. The summed E-state index contributed by atoms with van der Waals surface area (Å²) in [4.78, 5) is 6.78. The van der Waals surface area contributed by atoms with Crippen molar-refractivity contribution in [3.05, 3.63) is 48.2 Å². The maximum atomic E-state index is 8.94. The highest BCUT2D eigenvalue weighted by Crippen LogP contribution is 2.21. The third kappa shape index (κ3) is 3.52. The number of nitriles is 1. The molecule has 2 aromatic heterocycles. The molecule has 3 heterocycles. The average Bonchev–Trinajstić information content (AvgIpc) is 3.12. The lowest BCUT2D eigenvalue weighted by Crippen LogP contribution is -2.44. The molecule has 0 aliphatic carbocycles. The molecule has 3 aromatic rings. The minimum absolute atomic E-state index is 0.584. The molecule has 0 saturated carbocycles. The molecule has 1 aliphatic heterocycles. The van der Waals surface area contributed by atoms with E-state index in [1.54, 1.807) is 22.8 Å². The smallest absolute Gasteiger partial charge is 0.231 e. The summed E-state index contributed by atoms with van der Waals surface area (Å²) in [7, 11) is 0. The Morgan fingerprint density at radius 3 is 2.69 bits per heavy atom. The maximum absolute atomic E-state index is 8.94. The van der Waals surface area contributed by atoms with Crippen LogP contribution in [0.1, 0.15) is 5.56 Å². The van der Waals surface area contributed by atoms with Crippen molar-refractivity contribution in [2.45, 2.75) is 0 Å². The molecule has 1 saturated heterocycles. The number of fused-ring (bicyclic) bond motifs is 1. The van der Waals surface area contributed by atoms with E-state index in [9.17, 15) is 0 Å². The largest absolute Gasteiger partial charge is 0.475 e. The van der Waals surface area contributed by atoms with Gasteiger partial charge >= 0.3 is 0 Å². The number of rotatable bonds is 5. The van der Waals surface area contributed by atoms with Crippen molar-refractivity contribution >= 4 is 5.65 Å². The van der Waals surface area contributed by atoms with Crippen LogP contribution in [0.15, 0.2) is 42.6 Å². The number of aromatic nitrogens is 3. The Morgan fingerprint density at radius 2 is 1.92 bits per heavy atom. The van der Waals surface area contributed by atoms with Crippen LogP contribution in [0.4, 0.5) is 0 Å². The minimum atomic E-state index is 0.584. The van der Waals surface area contributed by atoms with E-state index >= 15 is 0 Å². The Labute approximate surface area is 151 Å². The highest BCUT2D eigenvalue weighted by atomic mass is 16.5. The number of benzene rings is 1. The highest BCUT2D eigenvalue weighted by molar-refractivity contribution is 5.63. The normalized spacial score (nSPS) is 15.0. The van der Waals surface area contributed by atoms with E-state index in [2.05, 4.69) is 26.4 Å². The second-order valence-corrected chi connectivity index (χ2v) is 6.21. The van der Waals surface area contributed by atoms with Crippen molar-refractivity contribution in [3.8, 4) is 23.2 Å². The molecule has 4 rings (SSSR count). The van der Waals surface area contributed by atoms with Gasteiger partial charge in [-0.2, -0.15) is 5.26 Å². The van der Waals surface area contributed by atoms with Gasteiger partial charge in [0.15, 0.2) is 5.65 Å². The Morgan fingerprint density at radius 1 is 1.12 bits per heavy atom. The van der Waals surface area contributed by atoms with E-state index in [-0.39, 0.29) is 0 Å². The lowest BCUT2D eigenvalue weighted by Gasteiger charge is -2.26. The van der Waals surface area contributed by atoms with E-state index < -0.39 is 0 Å². The zero-order valence-electron chi connectivity index (χ0n) is 14.4. The fourth-order valence-corrected chi connectivity index (χ4v) is 3.06. The molecule has 7 nitrogen and oxygen atoms in total. The van der Waals surface area contributed by atoms with Crippen molar-refractivity contribution in [3.63, 3.8) is 0 Å². The number of ether oxygens (including phenoxy) is 1. The van der Waals surface area contributed by atoms with Gasteiger partial charge in [-0.05, 0) is 18.2 Å². The monoisotopic (exact) mass is 348 g/mol. The summed E-state index contributed by atoms with van der Waals surface area (Å²) in [5.74, 6) is 0.584. The molecule has 26 heavy (non-hydrogen) atoms. The van der Waals surface area contributed by atoms with Crippen LogP contribution in [0.25, 0.3) is 16.9 Å². The summed E-state index contributed by atoms with van der Waals surface area (Å²) in [6.07, 6.45) is 1.79. The van der Waals surface area contributed by atoms with Crippen LogP contribution < -0.4 is 10.1 Å². The number of nitrogens with one attached hydrogen (secondary N) is 1. The molecule has 0 atom stereocenters. The molecule has 1 aliphatic rings. The standard InChI is InChI=1S/C19H20N6O/c20-13-15-1-3-16(4-2-15)17-14-22-18-5-6-19(23-25(17)18)26-12-11-24-9-7-21-8-10-24/h1-6,14,21H,7-12H2. The van der Waals surface area contributed by atoms with Gasteiger partial charge in [-0.3, -0.25) is 4.90 Å². The van der Waals surface area contributed by atoms with Crippen LogP contribution in [-0.4, -0.2) is 58.8 Å². The summed E-state index contributed by atoms with van der Waals surface area (Å²) in [6.45, 7) is 5.69. The van der Waals surface area contributed by atoms with Crippen molar-refractivity contribution in [2.24, 2.45) is 0 Å². The van der Waals surface area contributed by atoms with Gasteiger partial charge in [0.05, 0.1) is 23.5 Å². The quantitative estimate of drug-likeness (QED) is 0.754. The number of hydrogen-bond acceptors (Lipinski definition) is 6. The first-order chi connectivity index (χ1) is 12.8. The Kier molecular flexibility index (Phi) is 4.78. The van der Waals surface area contributed by atoms with Gasteiger partial charge in [0, 0.05) is 44.4 Å². The molecule has 0 radical (unpaired) electrons. The Balaban J connectivity index is 1.49. The topological polar surface area (TPSA) is 78.5 Å². The number of hydrogen-bond donors (Lipinski definition) is 1. The van der Waals surface area contributed by atoms with E-state index in [4.69, 9.17) is 10.00 Å². The summed E-state index contributed by atoms with van der Waals surface area (Å²) in [5, 5.41) is 16.9. The Bertz CT molecular complexity index is 921. The molecule has 1 fully saturated rings. The van der Waals surface area contributed by atoms with Gasteiger partial charge in [-0.15, -0.1) is 5.10 Å². The highest BCUT2D eigenvalue weighted by Gasteiger charge is 2.11. The molecular weight excluding hydrogens is 328 g/mol. The average molecular weight is 348 g/mol. The van der Waals surface area contributed by atoms with Crippen LogP contribution in [-0.2, 0) is 0 Å². The lowest BCUT2D eigenvalue weighted by molar-refractivity contribution is 0.187. The van der Waals surface area contributed by atoms with Gasteiger partial charge in [0.1, 0.15) is 6.61 Å². The SMILES string of the molecule is N#Cc1ccc(-c2cnc3ccc(OCCN4CCNCC4)nn23)cc1. The van der Waals surface area contributed by atoms with Crippen LogP contribution in [0.5, 0.6) is 5.88 Å². The molecule has 0 unspecified atom stereocenters. The summed E-state index contributed by atoms with van der Waals surface area (Å²) in [5.41, 5.74) is 3.23. The van der Waals surface area contributed by atoms with Crippen molar-refractivity contribution in [1.82, 2.24) is 24.8 Å². The van der Waals surface area contributed by atoms with E-state index in [0.29, 0.717) is 18.1 Å². The van der Waals surface area contributed by atoms with Crippen LogP contribution in [0.3, 0.4) is 0 Å². The predicted octanol–water partition coefficient (Wildman–Crippen LogP) is 1.55. The first-order valence-corrected chi connectivity index (χ1v) is 8.75. The van der Waals surface area contributed by atoms with Gasteiger partial charge in [-0.1, -0.05) is 12.1 Å². The molecule has 1 aromatic carbocycles. The van der Waals surface area contributed by atoms with E-state index in [1.165, 1.54) is 0 Å². The zero-order chi connectivity index (χ0) is 17.8. The lowest BCUT2D eigenvalue weighted by atomic mass is 10.1. The van der Waals surface area contributed by atoms with Crippen LogP contribution in [0.2, 0.25) is 0 Å². The van der Waals surface area contributed by atoms with Crippen LogP contribution >= 0.6 is 0 Å². The van der Waals surface area contributed by atoms with Crippen molar-refractivity contribution in [1.29, 1.82) is 5.26 Å². The van der Waals surface area contributed by atoms with Crippen LogP contribution in [0, 0.1) is 11.3 Å². The maximum Gasteiger partial charge on any atom is 0.231 e. The zero-order valence-corrected chi connectivity index (χ0v) is 14.4. The van der Waals surface area contributed by atoms with Crippen molar-refractivity contribution in [2.75, 3.05) is 39.3 Å². The molecule has 0 spiro atoms. The second-order valence-electron chi connectivity index (χ2n) is 6.21. The summed E-state index contributed by atoms with van der Waals surface area (Å²) < 4.78 is 7.63. The van der Waals surface area contributed by atoms with Gasteiger partial charge in [0.2, 0.25) is 5.88 Å². The minimum Gasteiger partial charge on any atom is -0.475 e. The van der Waals surface area contributed by atoms with Gasteiger partial charge in [0.25, 0.3) is 0 Å². The fraction of sp³-hybridized carbons (Fsp3) is 0.316. The van der Waals surface area contributed by atoms with E-state index in [1.807, 2.05) is 24.3 Å². The molecule has 1 N–H and O–H groups in total. The van der Waals surface area contributed by atoms with Gasteiger partial charge in [-0.25, -0.2) is 9.50 Å². The number of imidazole rings is 1. The molecule has 0 amide bonds. The van der Waals surface area contributed by atoms with Gasteiger partial charge < -0.3 is 10.1 Å². The molecule has 0 bridgehead atoms. The summed E-state index contributed by atoms with van der Waals surface area (Å²) >= 11 is 0. The second kappa shape index (κ2) is 7.52. The molecule has 132 valence electrons. The molecular formula is C19H20N6O. The number of nitrogens with zero attached hydrogens (tertiary/aromatic N) is 5. The fourth-order valence-electron chi connectivity index (χ4n) is 3.06. The van der Waals surface area contributed by atoms with Crippen molar-refractivity contribution < 1.29 is 4.74 Å². The Hall–Kier alpha value is -2.95. The third-order valence-electron chi connectivity index (χ3n) is 4.51. The third-order valence-corrected chi connectivity index (χ3v) is 4.51.